The van der Waals surface area contributed by atoms with Gasteiger partial charge in [0.05, 0.1) is 11.5 Å². The van der Waals surface area contributed by atoms with Gasteiger partial charge in [0.1, 0.15) is 5.56 Å². The van der Waals surface area contributed by atoms with Crippen molar-refractivity contribution in [3.8, 4) is 0 Å². The van der Waals surface area contributed by atoms with Gasteiger partial charge in [-0.05, 0) is 17.9 Å². The lowest BCUT2D eigenvalue weighted by molar-refractivity contribution is -0.385. The number of hydrogen-bond acceptors (Lipinski definition) is 4. The molecule has 110 valence electrons. The molecule has 0 saturated heterocycles. The molecule has 1 unspecified atom stereocenters. The highest BCUT2D eigenvalue weighted by Crippen LogP contribution is 2.23. The molecule has 1 aromatic carbocycles. The Bertz CT molecular complexity index is 486. The van der Waals surface area contributed by atoms with E-state index in [1.165, 1.54) is 12.1 Å². The second kappa shape index (κ2) is 7.59. The molecule has 1 aromatic rings. The van der Waals surface area contributed by atoms with Crippen LogP contribution in [0.1, 0.15) is 42.6 Å². The van der Waals surface area contributed by atoms with Crippen LogP contribution in [-0.2, 0) is 11.3 Å². The Labute approximate surface area is 117 Å². The summed E-state index contributed by atoms with van der Waals surface area (Å²) in [6, 6.07) is 4.20. The number of nitro benzene ring substituents is 1. The molecule has 1 N–H and O–H groups in total. The summed E-state index contributed by atoms with van der Waals surface area (Å²) in [5.41, 5.74) is -0.365. The van der Waals surface area contributed by atoms with Gasteiger partial charge in [-0.3, -0.25) is 10.1 Å². The minimum atomic E-state index is -1.31. The second-order valence-corrected chi connectivity index (χ2v) is 4.78. The van der Waals surface area contributed by atoms with Gasteiger partial charge in [-0.15, -0.1) is 0 Å². The quantitative estimate of drug-likeness (QED) is 0.583. The van der Waals surface area contributed by atoms with Crippen molar-refractivity contribution in [1.29, 1.82) is 0 Å². The van der Waals surface area contributed by atoms with E-state index >= 15 is 0 Å². The van der Waals surface area contributed by atoms with Crippen LogP contribution in [0.2, 0.25) is 0 Å². The number of nitrogens with zero attached hydrogens (tertiary/aromatic N) is 1. The predicted octanol–water partition coefficient (Wildman–Crippen LogP) is 3.25. The zero-order valence-corrected chi connectivity index (χ0v) is 11.7. The summed E-state index contributed by atoms with van der Waals surface area (Å²) >= 11 is 0. The molecule has 6 heteroatoms. The normalized spacial score (nSPS) is 12.1. The molecular weight excluding hydrogens is 262 g/mol. The Morgan fingerprint density at radius 3 is 2.75 bits per heavy atom. The Balaban J connectivity index is 2.82. The summed E-state index contributed by atoms with van der Waals surface area (Å²) in [4.78, 5) is 21.3. The highest BCUT2D eigenvalue weighted by atomic mass is 16.6. The molecule has 0 bridgehead atoms. The Kier molecular flexibility index (Phi) is 6.11. The van der Waals surface area contributed by atoms with Crippen LogP contribution in [0, 0.1) is 16.0 Å². The third-order valence-corrected chi connectivity index (χ3v) is 2.98. The lowest BCUT2D eigenvalue weighted by Crippen LogP contribution is -2.10. The van der Waals surface area contributed by atoms with E-state index in [1.807, 2.05) is 0 Å². The molecule has 6 nitrogen and oxygen atoms in total. The van der Waals surface area contributed by atoms with Crippen molar-refractivity contribution in [1.82, 2.24) is 0 Å². The first-order chi connectivity index (χ1) is 9.47. The number of carboxylic acids is 1. The highest BCUT2D eigenvalue weighted by molar-refractivity contribution is 5.94. The number of nitro groups is 1. The van der Waals surface area contributed by atoms with E-state index in [0.29, 0.717) is 18.1 Å². The maximum Gasteiger partial charge on any atom is 0.343 e. The Morgan fingerprint density at radius 2 is 2.20 bits per heavy atom. The largest absolute Gasteiger partial charge is 0.477 e. The maximum atomic E-state index is 11.2. The van der Waals surface area contributed by atoms with Crippen LogP contribution in [0.5, 0.6) is 0 Å². The van der Waals surface area contributed by atoms with Crippen LogP contribution in [0.15, 0.2) is 18.2 Å². The fraction of sp³-hybridized carbons (Fsp3) is 0.500. The molecule has 0 saturated carbocycles. The topological polar surface area (TPSA) is 89.7 Å². The number of benzene rings is 1. The lowest BCUT2D eigenvalue weighted by Gasteiger charge is -2.12. The molecule has 20 heavy (non-hydrogen) atoms. The molecular formula is C14H19NO5. The van der Waals surface area contributed by atoms with E-state index in [1.54, 1.807) is 6.07 Å². The standard InChI is InChI=1S/C14H19NO5/c1-3-5-10(2)8-20-9-11-6-4-7-12(15(18)19)13(11)14(16)17/h4,6-7,10H,3,5,8-9H2,1-2H3,(H,16,17). The summed E-state index contributed by atoms with van der Waals surface area (Å²) in [7, 11) is 0. The average Bonchev–Trinajstić information content (AvgIpc) is 2.38. The van der Waals surface area contributed by atoms with Crippen molar-refractivity contribution in [2.24, 2.45) is 5.92 Å². The van der Waals surface area contributed by atoms with Crippen LogP contribution >= 0.6 is 0 Å². The van der Waals surface area contributed by atoms with Gasteiger partial charge in [0.2, 0.25) is 0 Å². The molecule has 1 rings (SSSR count). The lowest BCUT2D eigenvalue weighted by atomic mass is 10.1. The summed E-state index contributed by atoms with van der Waals surface area (Å²) in [5, 5.41) is 20.0. The predicted molar refractivity (Wildman–Crippen MR) is 73.8 cm³/mol. The summed E-state index contributed by atoms with van der Waals surface area (Å²) in [6.07, 6.45) is 2.09. The number of carbonyl (C=O) groups is 1. The molecule has 0 fully saturated rings. The van der Waals surface area contributed by atoms with Crippen molar-refractivity contribution in [3.05, 3.63) is 39.4 Å². The first kappa shape index (κ1) is 16.1. The van der Waals surface area contributed by atoms with Crippen molar-refractivity contribution >= 4 is 11.7 Å². The van der Waals surface area contributed by atoms with Gasteiger partial charge in [0.25, 0.3) is 5.69 Å². The zero-order valence-electron chi connectivity index (χ0n) is 11.7. The zero-order chi connectivity index (χ0) is 15.1. The fourth-order valence-corrected chi connectivity index (χ4v) is 2.05. The van der Waals surface area contributed by atoms with Crippen LogP contribution in [0.3, 0.4) is 0 Å². The SMILES string of the molecule is CCCC(C)COCc1cccc([N+](=O)[O-])c1C(=O)O. The number of aromatic carboxylic acids is 1. The number of ether oxygens (including phenoxy) is 1. The number of hydrogen-bond donors (Lipinski definition) is 1. The first-order valence-electron chi connectivity index (χ1n) is 6.54. The minimum Gasteiger partial charge on any atom is -0.477 e. The third kappa shape index (κ3) is 4.31. The van der Waals surface area contributed by atoms with Gasteiger partial charge in [0.15, 0.2) is 0 Å². The van der Waals surface area contributed by atoms with E-state index in [4.69, 9.17) is 9.84 Å². The minimum absolute atomic E-state index is 0.0668. The summed E-state index contributed by atoms with van der Waals surface area (Å²) in [5.74, 6) is -0.926. The highest BCUT2D eigenvalue weighted by Gasteiger charge is 2.23. The Hall–Kier alpha value is -1.95. The number of carboxylic acid groups (broad SMARTS) is 1. The van der Waals surface area contributed by atoms with Crippen LogP contribution in [0.4, 0.5) is 5.69 Å². The molecule has 0 aliphatic carbocycles. The second-order valence-electron chi connectivity index (χ2n) is 4.78. The van der Waals surface area contributed by atoms with Crippen LogP contribution in [0.25, 0.3) is 0 Å². The van der Waals surface area contributed by atoms with Gasteiger partial charge in [-0.25, -0.2) is 4.79 Å². The summed E-state index contributed by atoms with van der Waals surface area (Å²) < 4.78 is 5.47. The molecule has 0 aliphatic heterocycles. The van der Waals surface area contributed by atoms with Gasteiger partial charge in [-0.1, -0.05) is 32.4 Å². The van der Waals surface area contributed by atoms with Gasteiger partial charge < -0.3 is 9.84 Å². The molecule has 1 atom stereocenters. The third-order valence-electron chi connectivity index (χ3n) is 2.98. The fourth-order valence-electron chi connectivity index (χ4n) is 2.05. The smallest absolute Gasteiger partial charge is 0.343 e. The first-order valence-corrected chi connectivity index (χ1v) is 6.54. The van der Waals surface area contributed by atoms with Crippen LogP contribution in [-0.4, -0.2) is 22.6 Å². The Morgan fingerprint density at radius 1 is 1.50 bits per heavy atom. The van der Waals surface area contributed by atoms with Gasteiger partial charge in [0, 0.05) is 12.7 Å². The van der Waals surface area contributed by atoms with Crippen LogP contribution < -0.4 is 0 Å². The van der Waals surface area contributed by atoms with E-state index in [-0.39, 0.29) is 12.2 Å². The molecule has 0 aliphatic rings. The van der Waals surface area contributed by atoms with E-state index in [2.05, 4.69) is 13.8 Å². The van der Waals surface area contributed by atoms with Gasteiger partial charge in [-0.2, -0.15) is 0 Å². The van der Waals surface area contributed by atoms with E-state index < -0.39 is 16.6 Å². The monoisotopic (exact) mass is 281 g/mol. The number of rotatable bonds is 8. The maximum absolute atomic E-state index is 11.2. The summed E-state index contributed by atoms with van der Waals surface area (Å²) in [6.45, 7) is 4.71. The van der Waals surface area contributed by atoms with E-state index in [0.717, 1.165) is 12.8 Å². The van der Waals surface area contributed by atoms with Gasteiger partial charge >= 0.3 is 5.97 Å². The van der Waals surface area contributed by atoms with E-state index in [9.17, 15) is 14.9 Å². The van der Waals surface area contributed by atoms with Crippen molar-refractivity contribution in [3.63, 3.8) is 0 Å². The molecule has 0 radical (unpaired) electrons. The average molecular weight is 281 g/mol. The van der Waals surface area contributed by atoms with Crippen molar-refractivity contribution in [2.45, 2.75) is 33.3 Å². The van der Waals surface area contributed by atoms with Crippen molar-refractivity contribution in [2.75, 3.05) is 6.61 Å². The molecule has 0 amide bonds. The van der Waals surface area contributed by atoms with Crippen molar-refractivity contribution < 1.29 is 19.6 Å². The molecule has 0 aromatic heterocycles. The molecule has 0 spiro atoms. The molecule has 0 heterocycles.